The van der Waals surface area contributed by atoms with Crippen LogP contribution in [0.3, 0.4) is 0 Å². The molecular formula is C10H12ClFN2. The minimum Gasteiger partial charge on any atom is -0.323 e. The zero-order valence-electron chi connectivity index (χ0n) is 7.83. The van der Waals surface area contributed by atoms with Gasteiger partial charge in [-0.2, -0.15) is 5.26 Å². The number of halogens is 2. The Kier molecular flexibility index (Phi) is 5.14. The molecular weight excluding hydrogens is 203 g/mol. The summed E-state index contributed by atoms with van der Waals surface area (Å²) < 4.78 is 13.2. The summed E-state index contributed by atoms with van der Waals surface area (Å²) in [5, 5.41) is 8.41. The van der Waals surface area contributed by atoms with Gasteiger partial charge in [0.25, 0.3) is 0 Å². The lowest BCUT2D eigenvalue weighted by Gasteiger charge is -2.09. The average Bonchev–Trinajstić information content (AvgIpc) is 2.09. The molecule has 1 rings (SSSR count). The molecule has 76 valence electrons. The SMILES string of the molecule is Cc1ccc(F)c([C@@H](N)CC#N)c1.Cl. The predicted molar refractivity (Wildman–Crippen MR) is 55.5 cm³/mol. The second-order valence-electron chi connectivity index (χ2n) is 2.99. The van der Waals surface area contributed by atoms with Crippen LogP contribution in [0, 0.1) is 24.1 Å². The van der Waals surface area contributed by atoms with Crippen molar-refractivity contribution in [1.82, 2.24) is 0 Å². The van der Waals surface area contributed by atoms with E-state index in [-0.39, 0.29) is 24.6 Å². The van der Waals surface area contributed by atoms with Gasteiger partial charge in [0.05, 0.1) is 12.5 Å². The van der Waals surface area contributed by atoms with Crippen molar-refractivity contribution >= 4 is 12.4 Å². The Morgan fingerprint density at radius 3 is 2.79 bits per heavy atom. The van der Waals surface area contributed by atoms with Crippen molar-refractivity contribution in [2.24, 2.45) is 5.73 Å². The third kappa shape index (κ3) is 2.99. The van der Waals surface area contributed by atoms with Crippen LogP contribution in [0.2, 0.25) is 0 Å². The van der Waals surface area contributed by atoms with Gasteiger partial charge in [-0.3, -0.25) is 0 Å². The average molecular weight is 215 g/mol. The fourth-order valence-corrected chi connectivity index (χ4v) is 1.16. The molecule has 0 saturated carbocycles. The molecule has 0 aliphatic heterocycles. The van der Waals surface area contributed by atoms with Crippen molar-refractivity contribution in [3.05, 3.63) is 35.1 Å². The van der Waals surface area contributed by atoms with E-state index in [0.717, 1.165) is 5.56 Å². The van der Waals surface area contributed by atoms with E-state index in [0.29, 0.717) is 5.56 Å². The Hall–Kier alpha value is -1.11. The molecule has 0 spiro atoms. The first-order valence-electron chi connectivity index (χ1n) is 4.03. The highest BCUT2D eigenvalue weighted by Crippen LogP contribution is 2.18. The Labute approximate surface area is 88.9 Å². The van der Waals surface area contributed by atoms with Gasteiger partial charge in [0.1, 0.15) is 5.82 Å². The van der Waals surface area contributed by atoms with E-state index >= 15 is 0 Å². The van der Waals surface area contributed by atoms with Gasteiger partial charge in [-0.1, -0.05) is 17.7 Å². The van der Waals surface area contributed by atoms with E-state index in [1.165, 1.54) is 6.07 Å². The van der Waals surface area contributed by atoms with Gasteiger partial charge in [-0.05, 0) is 13.0 Å². The molecule has 2 N–H and O–H groups in total. The zero-order chi connectivity index (χ0) is 9.84. The van der Waals surface area contributed by atoms with Crippen molar-refractivity contribution < 1.29 is 4.39 Å². The Morgan fingerprint density at radius 1 is 1.57 bits per heavy atom. The molecule has 0 bridgehead atoms. The summed E-state index contributed by atoms with van der Waals surface area (Å²) in [6.07, 6.45) is 0.139. The van der Waals surface area contributed by atoms with Crippen LogP contribution in [0.1, 0.15) is 23.6 Å². The molecule has 2 nitrogen and oxygen atoms in total. The minimum atomic E-state index is -0.523. The maximum absolute atomic E-state index is 13.2. The van der Waals surface area contributed by atoms with Crippen LogP contribution in [-0.2, 0) is 0 Å². The summed E-state index contributed by atoms with van der Waals surface area (Å²) in [5.74, 6) is -0.339. The highest BCUT2D eigenvalue weighted by molar-refractivity contribution is 5.85. The number of hydrogen-bond donors (Lipinski definition) is 1. The number of nitrogens with two attached hydrogens (primary N) is 1. The predicted octanol–water partition coefficient (Wildman–Crippen LogP) is 2.47. The molecule has 0 aromatic heterocycles. The Bertz CT molecular complexity index is 346. The van der Waals surface area contributed by atoms with Crippen molar-refractivity contribution in [3.8, 4) is 6.07 Å². The van der Waals surface area contributed by atoms with Crippen LogP contribution in [0.25, 0.3) is 0 Å². The first kappa shape index (κ1) is 12.9. The van der Waals surface area contributed by atoms with E-state index in [4.69, 9.17) is 11.0 Å². The van der Waals surface area contributed by atoms with Crippen LogP contribution in [0.5, 0.6) is 0 Å². The molecule has 1 atom stereocenters. The lowest BCUT2D eigenvalue weighted by Crippen LogP contribution is -2.11. The molecule has 0 amide bonds. The van der Waals surface area contributed by atoms with Gasteiger partial charge in [-0.15, -0.1) is 12.4 Å². The Balaban J connectivity index is 0.00000169. The molecule has 0 saturated heterocycles. The summed E-state index contributed by atoms with van der Waals surface area (Å²) in [6.45, 7) is 1.86. The lowest BCUT2D eigenvalue weighted by molar-refractivity contribution is 0.584. The van der Waals surface area contributed by atoms with Gasteiger partial charge in [-0.25, -0.2) is 4.39 Å². The molecule has 1 aromatic rings. The molecule has 0 aliphatic carbocycles. The fourth-order valence-electron chi connectivity index (χ4n) is 1.16. The third-order valence-electron chi connectivity index (χ3n) is 1.86. The second-order valence-corrected chi connectivity index (χ2v) is 2.99. The normalized spacial score (nSPS) is 11.3. The summed E-state index contributed by atoms with van der Waals surface area (Å²) in [4.78, 5) is 0. The van der Waals surface area contributed by atoms with E-state index in [2.05, 4.69) is 0 Å². The van der Waals surface area contributed by atoms with Crippen LogP contribution < -0.4 is 5.73 Å². The van der Waals surface area contributed by atoms with Crippen molar-refractivity contribution in [3.63, 3.8) is 0 Å². The Morgan fingerprint density at radius 2 is 2.21 bits per heavy atom. The monoisotopic (exact) mass is 214 g/mol. The standard InChI is InChI=1S/C10H11FN2.ClH/c1-7-2-3-9(11)8(6-7)10(13)4-5-12;/h2-3,6,10H,4,13H2,1H3;1H/t10-;/m0./s1. The largest absolute Gasteiger partial charge is 0.323 e. The highest BCUT2D eigenvalue weighted by atomic mass is 35.5. The molecule has 0 aliphatic rings. The van der Waals surface area contributed by atoms with Crippen molar-refractivity contribution in [2.75, 3.05) is 0 Å². The molecule has 0 unspecified atom stereocenters. The van der Waals surface area contributed by atoms with Crippen molar-refractivity contribution in [2.45, 2.75) is 19.4 Å². The number of rotatable bonds is 2. The number of nitrogens with zero attached hydrogens (tertiary/aromatic N) is 1. The number of hydrogen-bond acceptors (Lipinski definition) is 2. The van der Waals surface area contributed by atoms with Gasteiger partial charge in [0.15, 0.2) is 0 Å². The molecule has 0 radical (unpaired) electrons. The van der Waals surface area contributed by atoms with Gasteiger partial charge < -0.3 is 5.73 Å². The molecule has 0 fully saturated rings. The van der Waals surface area contributed by atoms with Crippen LogP contribution in [0.15, 0.2) is 18.2 Å². The summed E-state index contributed by atoms with van der Waals surface area (Å²) in [6, 6.07) is 6.13. The lowest BCUT2D eigenvalue weighted by atomic mass is 10.0. The van der Waals surface area contributed by atoms with E-state index in [9.17, 15) is 4.39 Å². The molecule has 14 heavy (non-hydrogen) atoms. The molecule has 1 aromatic carbocycles. The van der Waals surface area contributed by atoms with Gasteiger partial charge >= 0.3 is 0 Å². The van der Waals surface area contributed by atoms with Gasteiger partial charge in [0.2, 0.25) is 0 Å². The maximum Gasteiger partial charge on any atom is 0.128 e. The summed E-state index contributed by atoms with van der Waals surface area (Å²) >= 11 is 0. The summed E-state index contributed by atoms with van der Waals surface area (Å²) in [5.41, 5.74) is 6.98. The van der Waals surface area contributed by atoms with E-state index in [1.807, 2.05) is 13.0 Å². The number of benzene rings is 1. The zero-order valence-corrected chi connectivity index (χ0v) is 8.64. The van der Waals surface area contributed by atoms with E-state index < -0.39 is 6.04 Å². The van der Waals surface area contributed by atoms with E-state index in [1.54, 1.807) is 12.1 Å². The maximum atomic E-state index is 13.2. The first-order valence-corrected chi connectivity index (χ1v) is 4.03. The van der Waals surface area contributed by atoms with Crippen molar-refractivity contribution in [1.29, 1.82) is 5.26 Å². The summed E-state index contributed by atoms with van der Waals surface area (Å²) in [7, 11) is 0. The second kappa shape index (κ2) is 5.58. The quantitative estimate of drug-likeness (QED) is 0.822. The third-order valence-corrected chi connectivity index (χ3v) is 1.86. The fraction of sp³-hybridized carbons (Fsp3) is 0.300. The minimum absolute atomic E-state index is 0. The number of aryl methyl sites for hydroxylation is 1. The topological polar surface area (TPSA) is 49.8 Å². The molecule has 4 heteroatoms. The molecule has 0 heterocycles. The van der Waals surface area contributed by atoms with Gasteiger partial charge in [0, 0.05) is 11.6 Å². The smallest absolute Gasteiger partial charge is 0.128 e. The number of nitriles is 1. The van der Waals surface area contributed by atoms with Crippen LogP contribution in [-0.4, -0.2) is 0 Å². The highest BCUT2D eigenvalue weighted by Gasteiger charge is 2.10. The van der Waals surface area contributed by atoms with Crippen LogP contribution in [0.4, 0.5) is 4.39 Å². The first-order chi connectivity index (χ1) is 6.15. The van der Waals surface area contributed by atoms with Crippen LogP contribution >= 0.6 is 12.4 Å².